The number of aliphatic hydroxyl groups excluding tert-OH is 1. The number of carbonyl (C=O) groups is 1. The number of nitrogens with zero attached hydrogens (tertiary/aromatic N) is 1. The highest BCUT2D eigenvalue weighted by Gasteiger charge is 2.29. The second-order valence-corrected chi connectivity index (χ2v) is 5.18. The SMILES string of the molecule is CC(Br)C(=O)N(CCCO)C1CCC1. The Kier molecular flexibility index (Phi) is 4.89. The molecule has 14 heavy (non-hydrogen) atoms. The summed E-state index contributed by atoms with van der Waals surface area (Å²) >= 11 is 3.30. The molecule has 0 heterocycles. The standard InChI is InChI=1S/C10H18BrNO2/c1-8(11)10(14)12(6-3-7-13)9-4-2-5-9/h8-9,13H,2-7H2,1H3. The predicted molar refractivity (Wildman–Crippen MR) is 59.4 cm³/mol. The second-order valence-electron chi connectivity index (χ2n) is 3.81. The van der Waals surface area contributed by atoms with Gasteiger partial charge < -0.3 is 10.0 Å². The summed E-state index contributed by atoms with van der Waals surface area (Å²) < 4.78 is 0. The van der Waals surface area contributed by atoms with Crippen LogP contribution in [0.1, 0.15) is 32.6 Å². The molecule has 0 aromatic carbocycles. The topological polar surface area (TPSA) is 40.5 Å². The Morgan fingerprint density at radius 3 is 2.64 bits per heavy atom. The molecule has 0 spiro atoms. The Balaban J connectivity index is 2.46. The molecule has 1 amide bonds. The van der Waals surface area contributed by atoms with Crippen LogP contribution in [0.4, 0.5) is 0 Å². The molecule has 0 aliphatic heterocycles. The van der Waals surface area contributed by atoms with Gasteiger partial charge >= 0.3 is 0 Å². The van der Waals surface area contributed by atoms with Crippen molar-refractivity contribution in [2.24, 2.45) is 0 Å². The average molecular weight is 264 g/mol. The van der Waals surface area contributed by atoms with E-state index in [4.69, 9.17) is 5.11 Å². The molecule has 4 heteroatoms. The lowest BCUT2D eigenvalue weighted by Crippen LogP contribution is -2.47. The number of amides is 1. The fourth-order valence-electron chi connectivity index (χ4n) is 1.64. The molecule has 1 saturated carbocycles. The van der Waals surface area contributed by atoms with Crippen molar-refractivity contribution in [3.05, 3.63) is 0 Å². The van der Waals surface area contributed by atoms with E-state index in [-0.39, 0.29) is 17.3 Å². The Morgan fingerprint density at radius 1 is 1.64 bits per heavy atom. The van der Waals surface area contributed by atoms with Crippen LogP contribution < -0.4 is 0 Å². The van der Waals surface area contributed by atoms with Crippen molar-refractivity contribution < 1.29 is 9.90 Å². The second kappa shape index (κ2) is 5.71. The lowest BCUT2D eigenvalue weighted by Gasteiger charge is -2.38. The molecule has 1 aliphatic rings. The van der Waals surface area contributed by atoms with Gasteiger partial charge in [-0.25, -0.2) is 0 Å². The third-order valence-electron chi connectivity index (χ3n) is 2.70. The van der Waals surface area contributed by atoms with Crippen LogP contribution in [-0.4, -0.2) is 39.9 Å². The third kappa shape index (κ3) is 2.95. The Bertz CT molecular complexity index is 193. The molecule has 1 unspecified atom stereocenters. The van der Waals surface area contributed by atoms with Gasteiger partial charge in [-0.05, 0) is 32.6 Å². The number of hydrogen-bond donors (Lipinski definition) is 1. The molecule has 0 aromatic heterocycles. The molecule has 0 radical (unpaired) electrons. The maximum Gasteiger partial charge on any atom is 0.236 e. The van der Waals surface area contributed by atoms with Crippen LogP contribution in [0.2, 0.25) is 0 Å². The lowest BCUT2D eigenvalue weighted by molar-refractivity contribution is -0.134. The van der Waals surface area contributed by atoms with Gasteiger partial charge in [0, 0.05) is 19.2 Å². The third-order valence-corrected chi connectivity index (χ3v) is 3.09. The highest BCUT2D eigenvalue weighted by Crippen LogP contribution is 2.26. The number of aliphatic hydroxyl groups is 1. The minimum Gasteiger partial charge on any atom is -0.396 e. The fourth-order valence-corrected chi connectivity index (χ4v) is 1.90. The van der Waals surface area contributed by atoms with E-state index >= 15 is 0 Å². The monoisotopic (exact) mass is 263 g/mol. The Hall–Kier alpha value is -0.0900. The summed E-state index contributed by atoms with van der Waals surface area (Å²) in [5.74, 6) is 0.156. The molecule has 1 aliphatic carbocycles. The van der Waals surface area contributed by atoms with Crippen LogP contribution in [0.25, 0.3) is 0 Å². The fraction of sp³-hybridized carbons (Fsp3) is 0.900. The molecule has 1 atom stereocenters. The summed E-state index contributed by atoms with van der Waals surface area (Å²) in [6.07, 6.45) is 4.15. The zero-order valence-electron chi connectivity index (χ0n) is 8.58. The number of carbonyl (C=O) groups excluding carboxylic acids is 1. The zero-order chi connectivity index (χ0) is 10.6. The van der Waals surface area contributed by atoms with Crippen molar-refractivity contribution in [3.63, 3.8) is 0 Å². The largest absolute Gasteiger partial charge is 0.396 e. The number of halogens is 1. The van der Waals surface area contributed by atoms with Crippen molar-refractivity contribution in [1.29, 1.82) is 0 Å². The number of alkyl halides is 1. The maximum absolute atomic E-state index is 11.8. The smallest absolute Gasteiger partial charge is 0.236 e. The summed E-state index contributed by atoms with van der Waals surface area (Å²) in [7, 11) is 0. The van der Waals surface area contributed by atoms with Crippen LogP contribution in [0.15, 0.2) is 0 Å². The van der Waals surface area contributed by atoms with Gasteiger partial charge in [-0.3, -0.25) is 4.79 Å². The van der Waals surface area contributed by atoms with Gasteiger partial charge in [-0.2, -0.15) is 0 Å². The first-order valence-electron chi connectivity index (χ1n) is 5.22. The molecule has 1 fully saturated rings. The minimum atomic E-state index is -0.109. The van der Waals surface area contributed by atoms with E-state index in [0.29, 0.717) is 19.0 Å². The highest BCUT2D eigenvalue weighted by atomic mass is 79.9. The first-order chi connectivity index (χ1) is 6.66. The molecule has 1 rings (SSSR count). The van der Waals surface area contributed by atoms with Gasteiger partial charge in [0.1, 0.15) is 0 Å². The van der Waals surface area contributed by atoms with Crippen molar-refractivity contribution >= 4 is 21.8 Å². The normalized spacial score (nSPS) is 18.8. The molecule has 0 bridgehead atoms. The molecule has 82 valence electrons. The minimum absolute atomic E-state index is 0.109. The van der Waals surface area contributed by atoms with Crippen LogP contribution in [0.3, 0.4) is 0 Å². The van der Waals surface area contributed by atoms with Crippen LogP contribution in [0.5, 0.6) is 0 Å². The summed E-state index contributed by atoms with van der Waals surface area (Å²) in [5, 5.41) is 8.76. The summed E-state index contributed by atoms with van der Waals surface area (Å²) in [6, 6.07) is 0.425. The molecular weight excluding hydrogens is 246 g/mol. The number of hydrogen-bond acceptors (Lipinski definition) is 2. The first-order valence-corrected chi connectivity index (χ1v) is 6.13. The first kappa shape index (κ1) is 12.0. The van der Waals surface area contributed by atoms with Gasteiger partial charge in [0.2, 0.25) is 5.91 Å². The van der Waals surface area contributed by atoms with Crippen molar-refractivity contribution in [2.45, 2.75) is 43.5 Å². The van der Waals surface area contributed by atoms with Crippen molar-refractivity contribution in [2.75, 3.05) is 13.2 Å². The van der Waals surface area contributed by atoms with Crippen LogP contribution >= 0.6 is 15.9 Å². The van der Waals surface area contributed by atoms with E-state index in [2.05, 4.69) is 15.9 Å². The van der Waals surface area contributed by atoms with Gasteiger partial charge in [-0.1, -0.05) is 15.9 Å². The molecule has 1 N–H and O–H groups in total. The van der Waals surface area contributed by atoms with Crippen LogP contribution in [-0.2, 0) is 4.79 Å². The highest BCUT2D eigenvalue weighted by molar-refractivity contribution is 9.10. The molecule has 0 aromatic rings. The van der Waals surface area contributed by atoms with Gasteiger partial charge in [-0.15, -0.1) is 0 Å². The molecule has 0 saturated heterocycles. The van der Waals surface area contributed by atoms with E-state index in [1.54, 1.807) is 0 Å². The zero-order valence-corrected chi connectivity index (χ0v) is 10.2. The molecule has 3 nitrogen and oxygen atoms in total. The van der Waals surface area contributed by atoms with Gasteiger partial charge in [0.15, 0.2) is 0 Å². The Morgan fingerprint density at radius 2 is 2.29 bits per heavy atom. The predicted octanol–water partition coefficient (Wildman–Crippen LogP) is 1.53. The number of rotatable bonds is 5. The van der Waals surface area contributed by atoms with E-state index in [1.807, 2.05) is 11.8 Å². The van der Waals surface area contributed by atoms with E-state index in [1.165, 1.54) is 6.42 Å². The van der Waals surface area contributed by atoms with E-state index in [9.17, 15) is 4.79 Å². The van der Waals surface area contributed by atoms with Gasteiger partial charge in [0.05, 0.1) is 4.83 Å². The summed E-state index contributed by atoms with van der Waals surface area (Å²) in [6.45, 7) is 2.70. The van der Waals surface area contributed by atoms with Crippen LogP contribution in [0, 0.1) is 0 Å². The lowest BCUT2D eigenvalue weighted by atomic mass is 9.91. The van der Waals surface area contributed by atoms with E-state index < -0.39 is 0 Å². The van der Waals surface area contributed by atoms with Gasteiger partial charge in [0.25, 0.3) is 0 Å². The summed E-state index contributed by atoms with van der Waals surface area (Å²) in [5.41, 5.74) is 0. The van der Waals surface area contributed by atoms with E-state index in [0.717, 1.165) is 12.8 Å². The Labute approximate surface area is 93.6 Å². The van der Waals surface area contributed by atoms with Crippen molar-refractivity contribution in [1.82, 2.24) is 4.90 Å². The average Bonchev–Trinajstić information content (AvgIpc) is 2.07. The van der Waals surface area contributed by atoms with Crippen molar-refractivity contribution in [3.8, 4) is 0 Å². The quantitative estimate of drug-likeness (QED) is 0.765. The summed E-state index contributed by atoms with van der Waals surface area (Å²) in [4.78, 5) is 13.6. The maximum atomic E-state index is 11.8. The molecular formula is C10H18BrNO2.